The van der Waals surface area contributed by atoms with Crippen LogP contribution >= 0.6 is 0 Å². The summed E-state index contributed by atoms with van der Waals surface area (Å²) in [6.07, 6.45) is 35.5. The van der Waals surface area contributed by atoms with Gasteiger partial charge in [0.05, 0.1) is 17.9 Å². The fourth-order valence-corrected chi connectivity index (χ4v) is 5.07. The van der Waals surface area contributed by atoms with Crippen molar-refractivity contribution in [1.82, 2.24) is 5.32 Å². The second kappa shape index (κ2) is 27.5. The molecule has 7 heteroatoms. The molecule has 0 aromatic heterocycles. The molecule has 0 saturated carbocycles. The number of hydrogen-bond acceptors (Lipinski definition) is 4. The van der Waals surface area contributed by atoms with Gasteiger partial charge in [-0.2, -0.15) is 8.42 Å². The number of hydrogen-bond donors (Lipinski definition) is 3. The molecule has 0 heterocycles. The van der Waals surface area contributed by atoms with Crippen molar-refractivity contribution in [2.45, 2.75) is 148 Å². The highest BCUT2D eigenvalue weighted by Gasteiger charge is 2.24. The van der Waals surface area contributed by atoms with Gasteiger partial charge in [-0.15, -0.1) is 0 Å². The molecule has 3 N–H and O–H groups in total. The quantitative estimate of drug-likeness (QED) is 0.0513. The molecule has 0 rings (SSSR count). The fourth-order valence-electron chi connectivity index (χ4n) is 4.34. The van der Waals surface area contributed by atoms with Crippen molar-refractivity contribution >= 4 is 16.0 Å². The van der Waals surface area contributed by atoms with Crippen molar-refractivity contribution in [2.24, 2.45) is 0 Å². The molecular formula is C33H59NO5S. The minimum atomic E-state index is -4.33. The van der Waals surface area contributed by atoms with Crippen LogP contribution in [0.3, 0.4) is 0 Å². The van der Waals surface area contributed by atoms with Gasteiger partial charge in [0.15, 0.2) is 0 Å². The zero-order chi connectivity index (χ0) is 29.7. The minimum Gasteiger partial charge on any atom is -0.387 e. The first kappa shape index (κ1) is 38.3. The molecule has 0 bridgehead atoms. The first-order valence-electron chi connectivity index (χ1n) is 15.8. The third-order valence-electron chi connectivity index (χ3n) is 6.75. The zero-order valence-electron chi connectivity index (χ0n) is 25.4. The highest BCUT2D eigenvalue weighted by molar-refractivity contribution is 7.85. The van der Waals surface area contributed by atoms with Crippen molar-refractivity contribution in [3.8, 4) is 0 Å². The average Bonchev–Trinajstić information content (AvgIpc) is 2.90. The van der Waals surface area contributed by atoms with Gasteiger partial charge in [-0.3, -0.25) is 9.35 Å². The van der Waals surface area contributed by atoms with Gasteiger partial charge >= 0.3 is 0 Å². The average molecular weight is 582 g/mol. The number of rotatable bonds is 27. The Morgan fingerprint density at radius 2 is 1.12 bits per heavy atom. The topological polar surface area (TPSA) is 104 Å². The molecule has 0 spiro atoms. The molecule has 0 aromatic rings. The van der Waals surface area contributed by atoms with E-state index in [0.29, 0.717) is 6.42 Å². The van der Waals surface area contributed by atoms with Crippen LogP contribution in [0.2, 0.25) is 0 Å². The van der Waals surface area contributed by atoms with Crippen LogP contribution in [-0.2, 0) is 14.9 Å². The van der Waals surface area contributed by atoms with Crippen LogP contribution < -0.4 is 5.32 Å². The van der Waals surface area contributed by atoms with Crippen LogP contribution in [0, 0.1) is 0 Å². The maximum Gasteiger partial charge on any atom is 0.267 e. The van der Waals surface area contributed by atoms with E-state index < -0.39 is 28.0 Å². The summed E-state index contributed by atoms with van der Waals surface area (Å²) in [6.45, 7) is 4.37. The highest BCUT2D eigenvalue weighted by atomic mass is 32.2. The van der Waals surface area contributed by atoms with Gasteiger partial charge in [0.1, 0.15) is 0 Å². The van der Waals surface area contributed by atoms with E-state index in [1.54, 1.807) is 0 Å². The van der Waals surface area contributed by atoms with Gasteiger partial charge < -0.3 is 10.4 Å². The van der Waals surface area contributed by atoms with Gasteiger partial charge in [0.2, 0.25) is 5.91 Å². The Morgan fingerprint density at radius 3 is 1.70 bits per heavy atom. The second-order valence-electron chi connectivity index (χ2n) is 10.7. The van der Waals surface area contributed by atoms with Crippen LogP contribution in [0.4, 0.5) is 0 Å². The number of aliphatic hydroxyl groups excluding tert-OH is 1. The summed E-state index contributed by atoms with van der Waals surface area (Å²) in [4.78, 5) is 12.3. The van der Waals surface area contributed by atoms with Crippen molar-refractivity contribution in [1.29, 1.82) is 0 Å². The fraction of sp³-hybridized carbons (Fsp3) is 0.727. The molecule has 40 heavy (non-hydrogen) atoms. The van der Waals surface area contributed by atoms with Gasteiger partial charge in [0, 0.05) is 6.42 Å². The standard InChI is InChI=1S/C33H59NO5S/c1-3-5-7-9-11-12-13-14-15-16-17-18-19-20-21-22-23-25-27-29-33(36)34-31(30-40(37,38)39)32(35)28-26-24-10-8-6-4-2/h11-12,14-15,17-18,26,28,31-32,35H,3-10,13,16,19-25,27,29-30H2,1-2H3,(H,34,36)(H,37,38,39)/b12-11-,15-14-,18-17-,28-26+. The monoisotopic (exact) mass is 581 g/mol. The lowest BCUT2D eigenvalue weighted by molar-refractivity contribution is -0.122. The number of carbonyl (C=O) groups excluding carboxylic acids is 1. The maximum absolute atomic E-state index is 12.3. The summed E-state index contributed by atoms with van der Waals surface area (Å²) in [5.41, 5.74) is 0. The van der Waals surface area contributed by atoms with Gasteiger partial charge in [-0.05, 0) is 57.8 Å². The minimum absolute atomic E-state index is 0.278. The summed E-state index contributed by atoms with van der Waals surface area (Å²) in [7, 11) is -4.33. The normalized spacial score (nSPS) is 14.2. The molecule has 0 aromatic carbocycles. The van der Waals surface area contributed by atoms with E-state index in [2.05, 4.69) is 55.6 Å². The largest absolute Gasteiger partial charge is 0.387 e. The number of allylic oxidation sites excluding steroid dienone is 7. The summed E-state index contributed by atoms with van der Waals surface area (Å²) in [6, 6.07) is -1.06. The molecule has 0 aliphatic rings. The van der Waals surface area contributed by atoms with Crippen LogP contribution in [0.1, 0.15) is 136 Å². The summed E-state index contributed by atoms with van der Waals surface area (Å²) < 4.78 is 32.0. The Balaban J connectivity index is 3.96. The number of unbranched alkanes of at least 4 members (excludes halogenated alkanes) is 13. The van der Waals surface area contributed by atoms with Crippen molar-refractivity contribution in [3.63, 3.8) is 0 Å². The van der Waals surface area contributed by atoms with E-state index in [4.69, 9.17) is 0 Å². The smallest absolute Gasteiger partial charge is 0.267 e. The van der Waals surface area contributed by atoms with Gasteiger partial charge in [-0.1, -0.05) is 120 Å². The van der Waals surface area contributed by atoms with Crippen LogP contribution in [0.15, 0.2) is 48.6 Å². The maximum atomic E-state index is 12.3. The van der Waals surface area contributed by atoms with Crippen molar-refractivity contribution < 1.29 is 22.9 Å². The Bertz CT molecular complexity index is 817. The Labute approximate surface area is 246 Å². The number of carbonyl (C=O) groups is 1. The molecule has 0 aliphatic carbocycles. The molecule has 0 aliphatic heterocycles. The molecular weight excluding hydrogens is 522 g/mol. The zero-order valence-corrected chi connectivity index (χ0v) is 26.3. The van der Waals surface area contributed by atoms with Crippen LogP contribution in [0.5, 0.6) is 0 Å². The lowest BCUT2D eigenvalue weighted by atomic mass is 10.1. The molecule has 2 unspecified atom stereocenters. The van der Waals surface area contributed by atoms with Crippen LogP contribution in [-0.4, -0.2) is 41.9 Å². The Morgan fingerprint density at radius 1 is 0.675 bits per heavy atom. The summed E-state index contributed by atoms with van der Waals surface area (Å²) in [5.74, 6) is -1.01. The Hall–Kier alpha value is -1.70. The number of amides is 1. The third kappa shape index (κ3) is 27.9. The van der Waals surface area contributed by atoms with Crippen molar-refractivity contribution in [2.75, 3.05) is 5.75 Å². The number of nitrogens with one attached hydrogen (secondary N) is 1. The third-order valence-corrected chi connectivity index (χ3v) is 7.53. The lowest BCUT2D eigenvalue weighted by Crippen LogP contribution is -2.46. The van der Waals surface area contributed by atoms with E-state index >= 15 is 0 Å². The molecule has 0 fully saturated rings. The van der Waals surface area contributed by atoms with E-state index in [1.165, 1.54) is 44.6 Å². The summed E-state index contributed by atoms with van der Waals surface area (Å²) in [5, 5.41) is 13.0. The molecule has 2 atom stereocenters. The molecule has 6 nitrogen and oxygen atoms in total. The lowest BCUT2D eigenvalue weighted by Gasteiger charge is -2.21. The predicted molar refractivity (Wildman–Crippen MR) is 170 cm³/mol. The SMILES string of the molecule is CCCCC/C=C\C/C=C\C/C=C\CCCCCCCCC(=O)NC(CS(=O)(=O)O)C(O)/C=C/CCCCCC. The van der Waals surface area contributed by atoms with E-state index in [0.717, 1.165) is 70.6 Å². The van der Waals surface area contributed by atoms with Gasteiger partial charge in [0.25, 0.3) is 10.1 Å². The Kier molecular flexibility index (Phi) is 26.3. The summed E-state index contributed by atoms with van der Waals surface area (Å²) >= 11 is 0. The molecule has 232 valence electrons. The van der Waals surface area contributed by atoms with Crippen molar-refractivity contribution in [3.05, 3.63) is 48.6 Å². The highest BCUT2D eigenvalue weighted by Crippen LogP contribution is 2.10. The first-order valence-corrected chi connectivity index (χ1v) is 17.4. The van der Waals surface area contributed by atoms with Crippen LogP contribution in [0.25, 0.3) is 0 Å². The molecule has 1 amide bonds. The predicted octanol–water partition coefficient (Wildman–Crippen LogP) is 8.40. The number of aliphatic hydroxyl groups is 1. The second-order valence-corrected chi connectivity index (χ2v) is 12.2. The first-order chi connectivity index (χ1) is 19.3. The van der Waals surface area contributed by atoms with Gasteiger partial charge in [-0.25, -0.2) is 0 Å². The van der Waals surface area contributed by atoms with E-state index in [9.17, 15) is 22.9 Å². The molecule has 0 saturated heterocycles. The molecule has 0 radical (unpaired) electrons. The van der Waals surface area contributed by atoms with E-state index in [1.807, 2.05) is 6.08 Å². The van der Waals surface area contributed by atoms with E-state index in [-0.39, 0.29) is 12.3 Å².